The average molecular weight is 169 g/mol. The number of hydrogen-bond acceptors (Lipinski definition) is 1. The smallest absolute Gasteiger partial charge is 0.00491 e. The van der Waals surface area contributed by atoms with Gasteiger partial charge < -0.3 is 5.73 Å². The molecular weight excluding hydrogens is 146 g/mol. The van der Waals surface area contributed by atoms with E-state index in [1.165, 1.54) is 25.7 Å². The Hall–Kier alpha value is -0.0400. The van der Waals surface area contributed by atoms with Crippen LogP contribution < -0.4 is 5.73 Å². The van der Waals surface area contributed by atoms with E-state index >= 15 is 0 Å². The molecule has 1 fully saturated rings. The summed E-state index contributed by atoms with van der Waals surface area (Å²) in [5.41, 5.74) is 7.02. The van der Waals surface area contributed by atoms with E-state index in [1.807, 2.05) is 0 Å². The third-order valence-electron chi connectivity index (χ3n) is 3.33. The molecule has 0 aromatic rings. The topological polar surface area (TPSA) is 26.0 Å². The minimum Gasteiger partial charge on any atom is -0.328 e. The fourth-order valence-corrected chi connectivity index (χ4v) is 2.98. The minimum absolute atomic E-state index is 0.429. The van der Waals surface area contributed by atoms with E-state index < -0.39 is 0 Å². The summed E-state index contributed by atoms with van der Waals surface area (Å²) in [5.74, 6) is 0. The summed E-state index contributed by atoms with van der Waals surface area (Å²) in [4.78, 5) is 0. The maximum absolute atomic E-state index is 6.06. The highest BCUT2D eigenvalue weighted by molar-refractivity contribution is 4.92. The van der Waals surface area contributed by atoms with Crippen molar-refractivity contribution in [3.8, 4) is 0 Å². The molecule has 0 aromatic heterocycles. The van der Waals surface area contributed by atoms with E-state index in [4.69, 9.17) is 5.73 Å². The molecule has 1 aliphatic carbocycles. The minimum atomic E-state index is 0.429. The molecule has 2 N–H and O–H groups in total. The lowest BCUT2D eigenvalue weighted by atomic mass is 9.62. The fourth-order valence-electron chi connectivity index (χ4n) is 2.98. The Morgan fingerprint density at radius 1 is 1.25 bits per heavy atom. The summed E-state index contributed by atoms with van der Waals surface area (Å²) >= 11 is 0. The van der Waals surface area contributed by atoms with Crippen LogP contribution >= 0.6 is 0 Å². The second-order valence-electron chi connectivity index (χ2n) is 5.67. The van der Waals surface area contributed by atoms with Crippen LogP contribution in [0.2, 0.25) is 0 Å². The highest BCUT2D eigenvalue weighted by Gasteiger charge is 2.38. The molecule has 1 heteroatoms. The largest absolute Gasteiger partial charge is 0.328 e. The molecule has 1 saturated carbocycles. The van der Waals surface area contributed by atoms with Gasteiger partial charge >= 0.3 is 0 Å². The van der Waals surface area contributed by atoms with Crippen molar-refractivity contribution >= 4 is 0 Å². The van der Waals surface area contributed by atoms with Crippen molar-refractivity contribution in [2.45, 2.75) is 59.4 Å². The summed E-state index contributed by atoms with van der Waals surface area (Å²) in [6, 6.07) is 0.429. The number of rotatable bonds is 1. The van der Waals surface area contributed by atoms with Crippen LogP contribution in [0.1, 0.15) is 53.4 Å². The van der Waals surface area contributed by atoms with Gasteiger partial charge in [0.25, 0.3) is 0 Å². The van der Waals surface area contributed by atoms with Crippen molar-refractivity contribution in [2.75, 3.05) is 0 Å². The SMILES string of the molecule is CCC1(C)CC(N)CC(C)(C)C1. The van der Waals surface area contributed by atoms with Gasteiger partial charge in [-0.2, -0.15) is 0 Å². The summed E-state index contributed by atoms with van der Waals surface area (Å²) in [6.45, 7) is 9.36. The van der Waals surface area contributed by atoms with Crippen LogP contribution in [0.15, 0.2) is 0 Å². The molecule has 0 spiro atoms. The van der Waals surface area contributed by atoms with Crippen molar-refractivity contribution in [1.82, 2.24) is 0 Å². The molecular formula is C11H23N. The van der Waals surface area contributed by atoms with Gasteiger partial charge in [0, 0.05) is 6.04 Å². The molecule has 1 rings (SSSR count). The van der Waals surface area contributed by atoms with E-state index in [-0.39, 0.29) is 0 Å². The third kappa shape index (κ3) is 2.22. The zero-order valence-electron chi connectivity index (χ0n) is 8.98. The summed E-state index contributed by atoms with van der Waals surface area (Å²) in [7, 11) is 0. The highest BCUT2D eigenvalue weighted by Crippen LogP contribution is 2.47. The van der Waals surface area contributed by atoms with Crippen molar-refractivity contribution in [3.05, 3.63) is 0 Å². The quantitative estimate of drug-likeness (QED) is 0.641. The first-order valence-corrected chi connectivity index (χ1v) is 5.12. The molecule has 1 aliphatic rings. The molecule has 0 radical (unpaired) electrons. The molecule has 72 valence electrons. The Bertz CT molecular complexity index is 162. The Morgan fingerprint density at radius 2 is 1.83 bits per heavy atom. The van der Waals surface area contributed by atoms with Gasteiger partial charge in [-0.15, -0.1) is 0 Å². The van der Waals surface area contributed by atoms with Crippen molar-refractivity contribution in [1.29, 1.82) is 0 Å². The van der Waals surface area contributed by atoms with Gasteiger partial charge in [0.15, 0.2) is 0 Å². The van der Waals surface area contributed by atoms with Gasteiger partial charge in [-0.05, 0) is 30.1 Å². The van der Waals surface area contributed by atoms with Crippen LogP contribution in [-0.2, 0) is 0 Å². The summed E-state index contributed by atoms with van der Waals surface area (Å²) < 4.78 is 0. The lowest BCUT2D eigenvalue weighted by molar-refractivity contribution is 0.0802. The molecule has 0 aromatic carbocycles. The van der Waals surface area contributed by atoms with Gasteiger partial charge in [-0.3, -0.25) is 0 Å². The normalized spacial score (nSPS) is 41.2. The second kappa shape index (κ2) is 3.02. The van der Waals surface area contributed by atoms with Crippen LogP contribution in [-0.4, -0.2) is 6.04 Å². The molecule has 0 amide bonds. The number of nitrogens with two attached hydrogens (primary N) is 1. The molecule has 0 bridgehead atoms. The van der Waals surface area contributed by atoms with E-state index in [9.17, 15) is 0 Å². The van der Waals surface area contributed by atoms with Crippen LogP contribution in [0.25, 0.3) is 0 Å². The Morgan fingerprint density at radius 3 is 2.25 bits per heavy atom. The zero-order valence-corrected chi connectivity index (χ0v) is 8.98. The van der Waals surface area contributed by atoms with E-state index in [2.05, 4.69) is 27.7 Å². The van der Waals surface area contributed by atoms with Crippen molar-refractivity contribution in [2.24, 2.45) is 16.6 Å². The first-order chi connectivity index (χ1) is 5.37. The van der Waals surface area contributed by atoms with Gasteiger partial charge in [-0.1, -0.05) is 34.1 Å². The highest BCUT2D eigenvalue weighted by atomic mass is 14.7. The lowest BCUT2D eigenvalue weighted by Crippen LogP contribution is -2.41. The Kier molecular flexibility index (Phi) is 2.53. The monoisotopic (exact) mass is 169 g/mol. The van der Waals surface area contributed by atoms with Crippen LogP contribution in [0.5, 0.6) is 0 Å². The molecule has 0 saturated heterocycles. The molecule has 0 heterocycles. The fraction of sp³-hybridized carbons (Fsp3) is 1.00. The predicted molar refractivity (Wildman–Crippen MR) is 54.0 cm³/mol. The van der Waals surface area contributed by atoms with Crippen molar-refractivity contribution < 1.29 is 0 Å². The van der Waals surface area contributed by atoms with E-state index in [1.54, 1.807) is 0 Å². The maximum atomic E-state index is 6.06. The molecule has 2 atom stereocenters. The molecule has 0 aliphatic heterocycles. The predicted octanol–water partition coefficient (Wildman–Crippen LogP) is 2.94. The van der Waals surface area contributed by atoms with Crippen LogP contribution in [0.3, 0.4) is 0 Å². The van der Waals surface area contributed by atoms with Gasteiger partial charge in [0.05, 0.1) is 0 Å². The maximum Gasteiger partial charge on any atom is 0.00491 e. The standard InChI is InChI=1S/C11H23N/c1-5-11(4)7-9(12)6-10(2,3)8-11/h9H,5-8,12H2,1-4H3. The van der Waals surface area contributed by atoms with E-state index in [0.717, 1.165) is 0 Å². The van der Waals surface area contributed by atoms with Crippen LogP contribution in [0.4, 0.5) is 0 Å². The third-order valence-corrected chi connectivity index (χ3v) is 3.33. The average Bonchev–Trinajstić information content (AvgIpc) is 1.82. The first-order valence-electron chi connectivity index (χ1n) is 5.12. The lowest BCUT2D eigenvalue weighted by Gasteiger charge is -2.45. The summed E-state index contributed by atoms with van der Waals surface area (Å²) in [5, 5.41) is 0. The second-order valence-corrected chi connectivity index (χ2v) is 5.67. The number of hydrogen-bond donors (Lipinski definition) is 1. The van der Waals surface area contributed by atoms with Gasteiger partial charge in [-0.25, -0.2) is 0 Å². The van der Waals surface area contributed by atoms with Crippen LogP contribution in [0, 0.1) is 10.8 Å². The first kappa shape index (κ1) is 10.0. The molecule has 1 nitrogen and oxygen atoms in total. The molecule has 12 heavy (non-hydrogen) atoms. The van der Waals surface area contributed by atoms with E-state index in [0.29, 0.717) is 16.9 Å². The molecule has 2 unspecified atom stereocenters. The Labute approximate surface area is 76.7 Å². The van der Waals surface area contributed by atoms with Crippen molar-refractivity contribution in [3.63, 3.8) is 0 Å². The van der Waals surface area contributed by atoms with Gasteiger partial charge in [0.2, 0.25) is 0 Å². The Balaban J connectivity index is 2.70. The summed E-state index contributed by atoms with van der Waals surface area (Å²) in [6.07, 6.45) is 5.02. The zero-order chi connectivity index (χ0) is 9.41. The van der Waals surface area contributed by atoms with Gasteiger partial charge in [0.1, 0.15) is 0 Å².